The molecule has 0 fully saturated rings. The van der Waals surface area contributed by atoms with Gasteiger partial charge in [-0.3, -0.25) is 4.79 Å². The van der Waals surface area contributed by atoms with Crippen LogP contribution in [0.5, 0.6) is 0 Å². The third-order valence-corrected chi connectivity index (χ3v) is 5.92. The Hall–Kier alpha value is -3.37. The SMILES string of the molecule is CCn1c(SCC(=O)c2cn(CCC#N)c3ccccc23)nnc1-c1ccccc1. The molecule has 4 aromatic rings. The summed E-state index contributed by atoms with van der Waals surface area (Å²) in [7, 11) is 0. The Morgan fingerprint density at radius 1 is 1.10 bits per heavy atom. The molecule has 0 saturated heterocycles. The Morgan fingerprint density at radius 3 is 2.63 bits per heavy atom. The van der Waals surface area contributed by atoms with Crippen LogP contribution in [0.4, 0.5) is 0 Å². The number of thioether (sulfide) groups is 1. The molecule has 0 unspecified atom stereocenters. The van der Waals surface area contributed by atoms with Gasteiger partial charge in [-0.1, -0.05) is 60.3 Å². The second-order valence-electron chi connectivity index (χ2n) is 6.79. The van der Waals surface area contributed by atoms with E-state index in [1.54, 1.807) is 0 Å². The first kappa shape index (κ1) is 19.9. The number of ketones is 1. The molecule has 0 radical (unpaired) electrons. The molecule has 2 heterocycles. The molecule has 0 aliphatic rings. The minimum Gasteiger partial charge on any atom is -0.346 e. The number of nitriles is 1. The molecule has 0 aliphatic heterocycles. The van der Waals surface area contributed by atoms with Crippen LogP contribution in [0.25, 0.3) is 22.3 Å². The van der Waals surface area contributed by atoms with Crippen molar-refractivity contribution in [1.29, 1.82) is 5.26 Å². The van der Waals surface area contributed by atoms with Crippen LogP contribution in [0.1, 0.15) is 23.7 Å². The van der Waals surface area contributed by atoms with E-state index in [4.69, 9.17) is 5.26 Å². The van der Waals surface area contributed by atoms with Gasteiger partial charge < -0.3 is 9.13 Å². The fourth-order valence-corrected chi connectivity index (χ4v) is 4.40. The van der Waals surface area contributed by atoms with Crippen LogP contribution >= 0.6 is 11.8 Å². The quantitative estimate of drug-likeness (QED) is 0.305. The van der Waals surface area contributed by atoms with E-state index in [2.05, 4.69) is 16.3 Å². The van der Waals surface area contributed by atoms with E-state index < -0.39 is 0 Å². The van der Waals surface area contributed by atoms with Crippen molar-refractivity contribution in [2.45, 2.75) is 31.6 Å². The number of fused-ring (bicyclic) bond motifs is 1. The van der Waals surface area contributed by atoms with E-state index in [0.717, 1.165) is 34.0 Å². The van der Waals surface area contributed by atoms with E-state index in [9.17, 15) is 4.79 Å². The molecule has 0 bridgehead atoms. The summed E-state index contributed by atoms with van der Waals surface area (Å²) in [5, 5.41) is 19.2. The number of Topliss-reactive ketones (excluding diaryl/α,β-unsaturated/α-hetero) is 1. The molecule has 0 saturated carbocycles. The molecule has 4 rings (SSSR count). The van der Waals surface area contributed by atoms with Crippen molar-refractivity contribution in [3.8, 4) is 17.5 Å². The first-order valence-electron chi connectivity index (χ1n) is 9.82. The Bertz CT molecular complexity index is 1220. The number of hydrogen-bond acceptors (Lipinski definition) is 5. The van der Waals surface area contributed by atoms with Gasteiger partial charge in [-0.05, 0) is 13.0 Å². The lowest BCUT2D eigenvalue weighted by Crippen LogP contribution is -2.05. The third kappa shape index (κ3) is 3.87. The average Bonchev–Trinajstić information content (AvgIpc) is 3.38. The Labute approximate surface area is 179 Å². The van der Waals surface area contributed by atoms with Gasteiger partial charge in [-0.15, -0.1) is 10.2 Å². The van der Waals surface area contributed by atoms with Gasteiger partial charge in [0.05, 0.1) is 18.2 Å². The molecule has 0 atom stereocenters. The van der Waals surface area contributed by atoms with Crippen molar-refractivity contribution >= 4 is 28.4 Å². The van der Waals surface area contributed by atoms with Crippen molar-refractivity contribution in [3.63, 3.8) is 0 Å². The summed E-state index contributed by atoms with van der Waals surface area (Å²) in [6.07, 6.45) is 2.27. The lowest BCUT2D eigenvalue weighted by atomic mass is 10.1. The summed E-state index contributed by atoms with van der Waals surface area (Å²) in [4.78, 5) is 13.0. The minimum atomic E-state index is 0.0406. The van der Waals surface area contributed by atoms with Crippen molar-refractivity contribution in [2.24, 2.45) is 0 Å². The van der Waals surface area contributed by atoms with Gasteiger partial charge in [-0.2, -0.15) is 5.26 Å². The van der Waals surface area contributed by atoms with Crippen LogP contribution in [0.3, 0.4) is 0 Å². The van der Waals surface area contributed by atoms with Crippen molar-refractivity contribution < 1.29 is 4.79 Å². The maximum Gasteiger partial charge on any atom is 0.191 e. The Kier molecular flexibility index (Phi) is 5.96. The van der Waals surface area contributed by atoms with Crippen LogP contribution < -0.4 is 0 Å². The second kappa shape index (κ2) is 8.97. The maximum atomic E-state index is 13.0. The number of hydrogen-bond donors (Lipinski definition) is 0. The highest BCUT2D eigenvalue weighted by Gasteiger charge is 2.18. The summed E-state index contributed by atoms with van der Waals surface area (Å²) in [5.41, 5.74) is 2.66. The van der Waals surface area contributed by atoms with Gasteiger partial charge in [0.15, 0.2) is 16.8 Å². The lowest BCUT2D eigenvalue weighted by Gasteiger charge is -2.07. The van der Waals surface area contributed by atoms with E-state index in [0.29, 0.717) is 18.5 Å². The number of carbonyl (C=O) groups excluding carboxylic acids is 1. The molecule has 150 valence electrons. The Balaban J connectivity index is 1.56. The number of rotatable bonds is 8. The highest BCUT2D eigenvalue weighted by Crippen LogP contribution is 2.27. The van der Waals surface area contributed by atoms with Crippen LogP contribution in [-0.2, 0) is 13.1 Å². The molecule has 0 amide bonds. The maximum absolute atomic E-state index is 13.0. The number of benzene rings is 2. The summed E-state index contributed by atoms with van der Waals surface area (Å²) < 4.78 is 4.02. The number of para-hydroxylation sites is 1. The van der Waals surface area contributed by atoms with Gasteiger partial charge in [0.25, 0.3) is 0 Å². The molecule has 2 aromatic carbocycles. The summed E-state index contributed by atoms with van der Waals surface area (Å²) in [5.74, 6) is 1.12. The predicted octanol–water partition coefficient (Wildman–Crippen LogP) is 4.81. The summed E-state index contributed by atoms with van der Waals surface area (Å²) in [6, 6.07) is 19.9. The van der Waals surface area contributed by atoms with Gasteiger partial charge in [0, 0.05) is 41.3 Å². The van der Waals surface area contributed by atoms with Crippen LogP contribution in [-0.4, -0.2) is 30.9 Å². The molecule has 7 heteroatoms. The molecular formula is C23H21N5OS. The van der Waals surface area contributed by atoms with Gasteiger partial charge >= 0.3 is 0 Å². The van der Waals surface area contributed by atoms with Gasteiger partial charge in [-0.25, -0.2) is 0 Å². The van der Waals surface area contributed by atoms with Gasteiger partial charge in [0.2, 0.25) is 0 Å². The molecular weight excluding hydrogens is 394 g/mol. The fourth-order valence-electron chi connectivity index (χ4n) is 3.51. The third-order valence-electron chi connectivity index (χ3n) is 4.95. The largest absolute Gasteiger partial charge is 0.346 e. The smallest absolute Gasteiger partial charge is 0.191 e. The van der Waals surface area contributed by atoms with E-state index in [1.807, 2.05) is 76.9 Å². The van der Waals surface area contributed by atoms with E-state index in [1.165, 1.54) is 11.8 Å². The van der Waals surface area contributed by atoms with Crippen LogP contribution in [0.2, 0.25) is 0 Å². The van der Waals surface area contributed by atoms with Gasteiger partial charge in [0.1, 0.15) is 0 Å². The summed E-state index contributed by atoms with van der Waals surface area (Å²) >= 11 is 1.40. The van der Waals surface area contributed by atoms with E-state index in [-0.39, 0.29) is 11.5 Å². The zero-order chi connectivity index (χ0) is 20.9. The number of carbonyl (C=O) groups is 1. The predicted molar refractivity (Wildman–Crippen MR) is 118 cm³/mol. The average molecular weight is 416 g/mol. The first-order valence-corrected chi connectivity index (χ1v) is 10.8. The zero-order valence-corrected chi connectivity index (χ0v) is 17.5. The van der Waals surface area contributed by atoms with Crippen LogP contribution in [0.15, 0.2) is 66.0 Å². The van der Waals surface area contributed by atoms with Crippen molar-refractivity contribution in [2.75, 3.05) is 5.75 Å². The molecule has 0 aliphatic carbocycles. The second-order valence-corrected chi connectivity index (χ2v) is 7.73. The molecule has 0 N–H and O–H groups in total. The molecule has 30 heavy (non-hydrogen) atoms. The standard InChI is InChI=1S/C23H21N5OS/c1-2-28-22(17-9-4-3-5-10-17)25-26-23(28)30-16-21(29)19-15-27(14-8-13-24)20-12-7-6-11-18(19)20/h3-7,9-12,15H,2,8,14,16H2,1H3. The minimum absolute atomic E-state index is 0.0406. The molecule has 2 aromatic heterocycles. The molecule has 6 nitrogen and oxygen atoms in total. The monoisotopic (exact) mass is 415 g/mol. The van der Waals surface area contributed by atoms with E-state index >= 15 is 0 Å². The number of nitrogens with zero attached hydrogens (tertiary/aromatic N) is 5. The fraction of sp³-hybridized carbons (Fsp3) is 0.217. The van der Waals surface area contributed by atoms with Crippen LogP contribution in [0, 0.1) is 11.3 Å². The molecule has 0 spiro atoms. The summed E-state index contributed by atoms with van der Waals surface area (Å²) in [6.45, 7) is 3.34. The highest BCUT2D eigenvalue weighted by molar-refractivity contribution is 7.99. The lowest BCUT2D eigenvalue weighted by molar-refractivity contribution is 0.102. The highest BCUT2D eigenvalue weighted by atomic mass is 32.2. The normalized spacial score (nSPS) is 10.9. The van der Waals surface area contributed by atoms with Crippen molar-refractivity contribution in [3.05, 3.63) is 66.4 Å². The topological polar surface area (TPSA) is 76.5 Å². The number of aryl methyl sites for hydroxylation is 1. The zero-order valence-electron chi connectivity index (χ0n) is 16.7. The number of aromatic nitrogens is 4. The Morgan fingerprint density at radius 2 is 1.87 bits per heavy atom. The van der Waals surface area contributed by atoms with Crippen molar-refractivity contribution in [1.82, 2.24) is 19.3 Å². The first-order chi connectivity index (χ1) is 14.7.